The van der Waals surface area contributed by atoms with Crippen molar-refractivity contribution < 1.29 is 0 Å². The lowest BCUT2D eigenvalue weighted by Gasteiger charge is -2.21. The van der Waals surface area contributed by atoms with Crippen molar-refractivity contribution in [2.45, 2.75) is 32.1 Å². The molecule has 0 radical (unpaired) electrons. The molecule has 0 bridgehead atoms. The fourth-order valence-electron chi connectivity index (χ4n) is 2.06. The fraction of sp³-hybridized carbons (Fsp3) is 0.900. The first-order valence-corrected chi connectivity index (χ1v) is 6.35. The van der Waals surface area contributed by atoms with E-state index in [1.165, 1.54) is 43.0 Å². The lowest BCUT2D eigenvalue weighted by Crippen LogP contribution is -2.27. The second kappa shape index (κ2) is 6.57. The van der Waals surface area contributed by atoms with Gasteiger partial charge in [0.1, 0.15) is 0 Å². The molecule has 0 spiro atoms. The van der Waals surface area contributed by atoms with E-state index in [9.17, 15) is 0 Å². The van der Waals surface area contributed by atoms with Gasteiger partial charge in [-0.1, -0.05) is 31.0 Å². The molecule has 0 aromatic heterocycles. The molecule has 0 saturated heterocycles. The predicted octanol–water partition coefficient (Wildman–Crippen LogP) is 2.68. The van der Waals surface area contributed by atoms with Crippen LogP contribution in [-0.4, -0.2) is 24.0 Å². The van der Waals surface area contributed by atoms with E-state index in [0.29, 0.717) is 0 Å². The Morgan fingerprint density at radius 2 is 2.07 bits per heavy atom. The number of nitrogens with zero attached hydrogens (tertiary/aromatic N) is 1. The first kappa shape index (κ1) is 12.2. The summed E-state index contributed by atoms with van der Waals surface area (Å²) in [5.74, 6) is 2.09. The van der Waals surface area contributed by atoms with Crippen LogP contribution in [0.2, 0.25) is 0 Å². The molecule has 1 heterocycles. The quantitative estimate of drug-likeness (QED) is 0.795. The van der Waals surface area contributed by atoms with E-state index in [2.05, 4.69) is 10.3 Å². The Morgan fingerprint density at radius 3 is 2.71 bits per heavy atom. The molecule has 1 saturated carbocycles. The maximum Gasteiger partial charge on any atom is 0.156 e. The summed E-state index contributed by atoms with van der Waals surface area (Å²) < 4.78 is 0. The summed E-state index contributed by atoms with van der Waals surface area (Å²) in [4.78, 5) is 4.39. The zero-order valence-electron chi connectivity index (χ0n) is 8.50. The van der Waals surface area contributed by atoms with Gasteiger partial charge in [-0.3, -0.25) is 4.99 Å². The number of hydrogen-bond acceptors (Lipinski definition) is 3. The Balaban J connectivity index is 0.000000980. The van der Waals surface area contributed by atoms with Crippen LogP contribution in [0.4, 0.5) is 0 Å². The van der Waals surface area contributed by atoms with Crippen LogP contribution in [-0.2, 0) is 0 Å². The first-order valence-electron chi connectivity index (χ1n) is 5.36. The van der Waals surface area contributed by atoms with Gasteiger partial charge in [-0.15, -0.1) is 12.4 Å². The van der Waals surface area contributed by atoms with Gasteiger partial charge in [-0.2, -0.15) is 0 Å². The van der Waals surface area contributed by atoms with Gasteiger partial charge in [0.05, 0.1) is 6.54 Å². The largest absolute Gasteiger partial charge is 0.365 e. The number of thioether (sulfide) groups is 1. The van der Waals surface area contributed by atoms with Gasteiger partial charge in [0.25, 0.3) is 0 Å². The molecule has 14 heavy (non-hydrogen) atoms. The Kier molecular flexibility index (Phi) is 5.71. The summed E-state index contributed by atoms with van der Waals surface area (Å²) in [5.41, 5.74) is 0. The van der Waals surface area contributed by atoms with Crippen LogP contribution < -0.4 is 5.32 Å². The Labute approximate surface area is 96.7 Å². The van der Waals surface area contributed by atoms with Crippen molar-refractivity contribution in [3.05, 3.63) is 0 Å². The summed E-state index contributed by atoms with van der Waals surface area (Å²) in [6, 6.07) is 0. The van der Waals surface area contributed by atoms with E-state index in [-0.39, 0.29) is 12.4 Å². The highest BCUT2D eigenvalue weighted by atomic mass is 35.5. The molecule has 0 unspecified atom stereocenters. The number of nitrogens with one attached hydrogen (secondary N) is 1. The second-order valence-electron chi connectivity index (χ2n) is 3.92. The normalized spacial score (nSPS) is 22.7. The highest BCUT2D eigenvalue weighted by molar-refractivity contribution is 8.14. The van der Waals surface area contributed by atoms with Gasteiger partial charge in [-0.25, -0.2) is 0 Å². The van der Waals surface area contributed by atoms with E-state index in [1.54, 1.807) is 0 Å². The van der Waals surface area contributed by atoms with Crippen molar-refractivity contribution in [1.82, 2.24) is 5.32 Å². The number of amidine groups is 1. The minimum atomic E-state index is 0. The van der Waals surface area contributed by atoms with Crippen molar-refractivity contribution in [2.75, 3.05) is 18.8 Å². The molecule has 4 heteroatoms. The van der Waals surface area contributed by atoms with Crippen LogP contribution in [0.3, 0.4) is 0 Å². The van der Waals surface area contributed by atoms with Crippen molar-refractivity contribution in [3.8, 4) is 0 Å². The van der Waals surface area contributed by atoms with E-state index in [4.69, 9.17) is 0 Å². The van der Waals surface area contributed by atoms with Crippen molar-refractivity contribution in [1.29, 1.82) is 0 Å². The lowest BCUT2D eigenvalue weighted by molar-refractivity contribution is 0.357. The maximum atomic E-state index is 4.39. The maximum absolute atomic E-state index is 4.39. The number of aliphatic imine (C=N–C) groups is 1. The van der Waals surface area contributed by atoms with Crippen LogP contribution in [0.1, 0.15) is 32.1 Å². The number of hydrogen-bond donors (Lipinski definition) is 1. The monoisotopic (exact) mass is 234 g/mol. The molecule has 0 aromatic rings. The average Bonchev–Trinajstić information content (AvgIpc) is 2.69. The third-order valence-electron chi connectivity index (χ3n) is 2.85. The molecule has 0 amide bonds. The number of halogens is 1. The molecule has 0 aromatic carbocycles. The summed E-state index contributed by atoms with van der Waals surface area (Å²) in [6.07, 6.45) is 7.17. The van der Waals surface area contributed by atoms with Crippen LogP contribution in [0.25, 0.3) is 0 Å². The van der Waals surface area contributed by atoms with Crippen molar-refractivity contribution in [2.24, 2.45) is 10.9 Å². The lowest BCUT2D eigenvalue weighted by atomic mass is 9.89. The van der Waals surface area contributed by atoms with Crippen molar-refractivity contribution >= 4 is 29.3 Å². The smallest absolute Gasteiger partial charge is 0.156 e. The first-order chi connectivity index (χ1) is 6.45. The van der Waals surface area contributed by atoms with E-state index >= 15 is 0 Å². The molecule has 2 nitrogen and oxygen atoms in total. The van der Waals surface area contributed by atoms with E-state index in [1.807, 2.05) is 11.8 Å². The van der Waals surface area contributed by atoms with E-state index in [0.717, 1.165) is 19.0 Å². The summed E-state index contributed by atoms with van der Waals surface area (Å²) in [5, 5.41) is 4.65. The minimum Gasteiger partial charge on any atom is -0.365 e. The second-order valence-corrected chi connectivity index (χ2v) is 5.00. The third kappa shape index (κ3) is 3.70. The highest BCUT2D eigenvalue weighted by Gasteiger charge is 2.14. The highest BCUT2D eigenvalue weighted by Crippen LogP contribution is 2.23. The van der Waals surface area contributed by atoms with Gasteiger partial charge >= 0.3 is 0 Å². The van der Waals surface area contributed by atoms with Gasteiger partial charge in [0.15, 0.2) is 5.17 Å². The fourth-order valence-corrected chi connectivity index (χ4v) is 2.81. The molecule has 1 fully saturated rings. The molecule has 2 rings (SSSR count). The van der Waals surface area contributed by atoms with Gasteiger partial charge < -0.3 is 5.32 Å². The summed E-state index contributed by atoms with van der Waals surface area (Å²) >= 11 is 1.87. The van der Waals surface area contributed by atoms with Crippen LogP contribution >= 0.6 is 24.2 Å². The summed E-state index contributed by atoms with van der Waals surface area (Å²) in [7, 11) is 0. The molecule has 1 aliphatic heterocycles. The van der Waals surface area contributed by atoms with Crippen LogP contribution in [0.5, 0.6) is 0 Å². The van der Waals surface area contributed by atoms with E-state index < -0.39 is 0 Å². The van der Waals surface area contributed by atoms with Crippen LogP contribution in [0.15, 0.2) is 4.99 Å². The number of rotatable bonds is 2. The Hall–Kier alpha value is 0.110. The summed E-state index contributed by atoms with van der Waals surface area (Å²) in [6.45, 7) is 2.17. The minimum absolute atomic E-state index is 0. The Morgan fingerprint density at radius 1 is 1.29 bits per heavy atom. The molecular weight excluding hydrogens is 216 g/mol. The van der Waals surface area contributed by atoms with Crippen molar-refractivity contribution in [3.63, 3.8) is 0 Å². The molecule has 2 aliphatic rings. The van der Waals surface area contributed by atoms with Crippen LogP contribution in [0, 0.1) is 5.92 Å². The molecule has 1 aliphatic carbocycles. The third-order valence-corrected chi connectivity index (χ3v) is 3.79. The zero-order chi connectivity index (χ0) is 8.93. The average molecular weight is 235 g/mol. The Bertz CT molecular complexity index is 191. The topological polar surface area (TPSA) is 24.4 Å². The zero-order valence-corrected chi connectivity index (χ0v) is 10.1. The predicted molar refractivity (Wildman–Crippen MR) is 66.6 cm³/mol. The molecule has 82 valence electrons. The van der Waals surface area contributed by atoms with Gasteiger partial charge in [-0.05, 0) is 18.8 Å². The van der Waals surface area contributed by atoms with Gasteiger partial charge in [0.2, 0.25) is 0 Å². The molecule has 0 atom stereocenters. The standard InChI is InChI=1S/C10H18N2S.ClH/c1-2-4-9(5-3-1)8-12-10-11-6-7-13-10;/h9H,1-8H2,(H,11,12);1H. The molecule has 1 N–H and O–H groups in total. The SMILES string of the molecule is C1CCC(CNC2=NCCS2)CC1.Cl. The van der Waals surface area contributed by atoms with Gasteiger partial charge in [0, 0.05) is 12.3 Å². The molecular formula is C10H19ClN2S.